The van der Waals surface area contributed by atoms with E-state index in [9.17, 15) is 4.79 Å². The highest BCUT2D eigenvalue weighted by molar-refractivity contribution is 7.80. The summed E-state index contributed by atoms with van der Waals surface area (Å²) >= 11 is 4.20. The van der Waals surface area contributed by atoms with E-state index in [4.69, 9.17) is 0 Å². The summed E-state index contributed by atoms with van der Waals surface area (Å²) in [5.41, 5.74) is 0. The maximum absolute atomic E-state index is 10.9. The van der Waals surface area contributed by atoms with Gasteiger partial charge in [0.25, 0.3) is 0 Å². The van der Waals surface area contributed by atoms with Crippen LogP contribution < -0.4 is 10.6 Å². The first kappa shape index (κ1) is 8.87. The number of carbonyl (C=O) groups excluding carboxylic acids is 1. The molecule has 0 aromatic carbocycles. The molecule has 11 heavy (non-hydrogen) atoms. The molecule has 0 radical (unpaired) electrons. The first-order chi connectivity index (χ1) is 5.18. The average molecular weight is 174 g/mol. The van der Waals surface area contributed by atoms with E-state index in [-0.39, 0.29) is 11.3 Å². The zero-order valence-corrected chi connectivity index (χ0v) is 7.53. The Bertz CT molecular complexity index is 149. The Hall–Kier alpha value is -0.220. The Morgan fingerprint density at radius 2 is 2.55 bits per heavy atom. The van der Waals surface area contributed by atoms with Gasteiger partial charge in [0.2, 0.25) is 5.91 Å². The molecular weight excluding hydrogens is 160 g/mol. The van der Waals surface area contributed by atoms with Crippen LogP contribution in [0.2, 0.25) is 0 Å². The minimum absolute atomic E-state index is 0.141. The Balaban J connectivity index is 2.28. The summed E-state index contributed by atoms with van der Waals surface area (Å²) < 4.78 is 0. The van der Waals surface area contributed by atoms with Crippen LogP contribution in [-0.2, 0) is 4.79 Å². The van der Waals surface area contributed by atoms with Crippen molar-refractivity contribution in [3.8, 4) is 0 Å². The number of amides is 1. The highest BCUT2D eigenvalue weighted by Crippen LogP contribution is 2.04. The summed E-state index contributed by atoms with van der Waals surface area (Å²) in [7, 11) is 0. The lowest BCUT2D eigenvalue weighted by Crippen LogP contribution is -2.44. The largest absolute Gasteiger partial charge is 0.356 e. The maximum atomic E-state index is 10.9. The van der Waals surface area contributed by atoms with Crippen LogP contribution in [-0.4, -0.2) is 23.9 Å². The number of nitrogens with one attached hydrogen (secondary N) is 2. The molecule has 1 rings (SSSR count). The van der Waals surface area contributed by atoms with Crippen molar-refractivity contribution in [1.82, 2.24) is 10.6 Å². The molecule has 4 heteroatoms. The van der Waals surface area contributed by atoms with Crippen molar-refractivity contribution in [2.75, 3.05) is 6.54 Å². The van der Waals surface area contributed by atoms with Crippen molar-refractivity contribution in [2.45, 2.75) is 31.2 Å². The van der Waals surface area contributed by atoms with Gasteiger partial charge >= 0.3 is 0 Å². The smallest absolute Gasteiger partial charge is 0.221 e. The SMILES string of the molecule is C[C@H](S)NC1CCNC(=O)C1. The topological polar surface area (TPSA) is 41.1 Å². The molecule has 1 heterocycles. The molecule has 1 aliphatic heterocycles. The predicted molar refractivity (Wildman–Crippen MR) is 47.6 cm³/mol. The molecular formula is C7H14N2OS. The third-order valence-electron chi connectivity index (χ3n) is 1.72. The average Bonchev–Trinajstić information content (AvgIpc) is 1.85. The number of thiol groups is 1. The van der Waals surface area contributed by atoms with Crippen LogP contribution in [0.15, 0.2) is 0 Å². The highest BCUT2D eigenvalue weighted by atomic mass is 32.1. The van der Waals surface area contributed by atoms with Gasteiger partial charge in [-0.25, -0.2) is 0 Å². The summed E-state index contributed by atoms with van der Waals surface area (Å²) in [5.74, 6) is 0.141. The number of piperidine rings is 1. The first-order valence-electron chi connectivity index (χ1n) is 3.89. The van der Waals surface area contributed by atoms with Gasteiger partial charge in [0.05, 0.1) is 0 Å². The second-order valence-corrected chi connectivity index (χ2v) is 3.66. The molecule has 0 spiro atoms. The normalized spacial score (nSPS) is 27.8. The fraction of sp³-hybridized carbons (Fsp3) is 0.857. The fourth-order valence-electron chi connectivity index (χ4n) is 1.27. The number of rotatable bonds is 2. The lowest BCUT2D eigenvalue weighted by Gasteiger charge is -2.24. The molecule has 0 saturated carbocycles. The van der Waals surface area contributed by atoms with Gasteiger partial charge in [0.15, 0.2) is 0 Å². The maximum Gasteiger partial charge on any atom is 0.221 e. The van der Waals surface area contributed by atoms with Crippen molar-refractivity contribution in [3.05, 3.63) is 0 Å². The minimum atomic E-state index is 0.141. The van der Waals surface area contributed by atoms with E-state index in [0.717, 1.165) is 13.0 Å². The molecule has 1 amide bonds. The Kier molecular flexibility index (Phi) is 3.20. The van der Waals surface area contributed by atoms with Crippen molar-refractivity contribution >= 4 is 18.5 Å². The van der Waals surface area contributed by atoms with Gasteiger partial charge < -0.3 is 10.6 Å². The molecule has 2 N–H and O–H groups in total. The van der Waals surface area contributed by atoms with Crippen molar-refractivity contribution in [1.29, 1.82) is 0 Å². The van der Waals surface area contributed by atoms with Crippen molar-refractivity contribution in [2.24, 2.45) is 0 Å². The van der Waals surface area contributed by atoms with E-state index >= 15 is 0 Å². The summed E-state index contributed by atoms with van der Waals surface area (Å²) in [6, 6.07) is 0.316. The molecule has 0 aromatic heterocycles. The summed E-state index contributed by atoms with van der Waals surface area (Å²) in [6.07, 6.45) is 1.60. The van der Waals surface area contributed by atoms with Crippen LogP contribution in [0.3, 0.4) is 0 Å². The lowest BCUT2D eigenvalue weighted by atomic mass is 10.1. The van der Waals surface area contributed by atoms with Gasteiger partial charge in [-0.1, -0.05) is 0 Å². The van der Waals surface area contributed by atoms with E-state index in [1.165, 1.54) is 0 Å². The monoisotopic (exact) mass is 174 g/mol. The minimum Gasteiger partial charge on any atom is -0.356 e. The molecule has 2 atom stereocenters. The Morgan fingerprint density at radius 3 is 3.09 bits per heavy atom. The summed E-state index contributed by atoms with van der Waals surface area (Å²) in [4.78, 5) is 10.9. The van der Waals surface area contributed by atoms with Crippen molar-refractivity contribution < 1.29 is 4.79 Å². The van der Waals surface area contributed by atoms with E-state index in [2.05, 4.69) is 23.3 Å². The molecule has 64 valence electrons. The quantitative estimate of drug-likeness (QED) is 0.411. The molecule has 1 fully saturated rings. The first-order valence-corrected chi connectivity index (χ1v) is 4.41. The van der Waals surface area contributed by atoms with Gasteiger partial charge in [-0.05, 0) is 13.3 Å². The van der Waals surface area contributed by atoms with Crippen LogP contribution in [0.25, 0.3) is 0 Å². The zero-order valence-electron chi connectivity index (χ0n) is 6.63. The van der Waals surface area contributed by atoms with Gasteiger partial charge in [0, 0.05) is 24.4 Å². The van der Waals surface area contributed by atoms with Gasteiger partial charge in [-0.2, -0.15) is 12.6 Å². The van der Waals surface area contributed by atoms with Gasteiger partial charge in [-0.3, -0.25) is 4.79 Å². The second-order valence-electron chi connectivity index (χ2n) is 2.88. The van der Waals surface area contributed by atoms with E-state index in [0.29, 0.717) is 12.5 Å². The number of hydrogen-bond acceptors (Lipinski definition) is 3. The van der Waals surface area contributed by atoms with Gasteiger partial charge in [-0.15, -0.1) is 0 Å². The van der Waals surface area contributed by atoms with Crippen LogP contribution in [0.5, 0.6) is 0 Å². The van der Waals surface area contributed by atoms with Gasteiger partial charge in [0.1, 0.15) is 0 Å². The molecule has 0 aliphatic carbocycles. The molecule has 1 unspecified atom stereocenters. The molecule has 0 bridgehead atoms. The van der Waals surface area contributed by atoms with Crippen LogP contribution in [0.4, 0.5) is 0 Å². The van der Waals surface area contributed by atoms with Crippen LogP contribution >= 0.6 is 12.6 Å². The van der Waals surface area contributed by atoms with E-state index in [1.54, 1.807) is 0 Å². The van der Waals surface area contributed by atoms with E-state index < -0.39 is 0 Å². The summed E-state index contributed by atoms with van der Waals surface area (Å²) in [5, 5.41) is 6.17. The van der Waals surface area contributed by atoms with E-state index in [1.807, 2.05) is 6.92 Å². The standard InChI is InChI=1S/C7H14N2OS/c1-5(11)9-6-2-3-8-7(10)4-6/h5-6,9,11H,2-4H2,1H3,(H,8,10)/t5-,6?/m0/s1. The third kappa shape index (κ3) is 3.12. The fourth-order valence-corrected chi connectivity index (χ4v) is 1.48. The third-order valence-corrected chi connectivity index (χ3v) is 1.87. The Morgan fingerprint density at radius 1 is 1.82 bits per heavy atom. The summed E-state index contributed by atoms with van der Waals surface area (Å²) in [6.45, 7) is 2.76. The number of carbonyl (C=O) groups is 1. The van der Waals surface area contributed by atoms with Crippen molar-refractivity contribution in [3.63, 3.8) is 0 Å². The molecule has 1 aliphatic rings. The van der Waals surface area contributed by atoms with Crippen LogP contribution in [0, 0.1) is 0 Å². The lowest BCUT2D eigenvalue weighted by molar-refractivity contribution is -0.122. The number of hydrogen-bond donors (Lipinski definition) is 3. The Labute approximate surface area is 72.3 Å². The second kappa shape index (κ2) is 3.97. The highest BCUT2D eigenvalue weighted by Gasteiger charge is 2.18. The predicted octanol–water partition coefficient (Wildman–Crippen LogP) is 0.130. The molecule has 3 nitrogen and oxygen atoms in total. The zero-order chi connectivity index (χ0) is 8.27. The van der Waals surface area contributed by atoms with Crippen LogP contribution in [0.1, 0.15) is 19.8 Å². The molecule has 0 aromatic rings. The molecule has 1 saturated heterocycles.